The minimum atomic E-state index is 0.611. The van der Waals surface area contributed by atoms with Crippen molar-refractivity contribution in [3.05, 3.63) is 24.7 Å². The lowest BCUT2D eigenvalue weighted by atomic mass is 10.5. The Kier molecular flexibility index (Phi) is 5.80. The van der Waals surface area contributed by atoms with E-state index in [0.717, 1.165) is 6.54 Å². The van der Waals surface area contributed by atoms with Crippen LogP contribution in [0.15, 0.2) is 34.9 Å². The van der Waals surface area contributed by atoms with Crippen LogP contribution in [-0.2, 0) is 4.74 Å². The molecule has 0 aromatic carbocycles. The lowest BCUT2D eigenvalue weighted by molar-refractivity contribution is 0.173. The molecule has 13 heavy (non-hydrogen) atoms. The topological polar surface area (TPSA) is 37.2 Å². The van der Waals surface area contributed by atoms with E-state index < -0.39 is 0 Å². The standard InChI is InChI=1S/C9H17N3O/c1-8(2)10-11-9(3)12(4)6-7-13-5/h1,3,6-7H2,2,4-5H3. The SMILES string of the molecule is C=C(C)N=NC(=C)N(C)CCOC. The van der Waals surface area contributed by atoms with Crippen LogP contribution >= 0.6 is 0 Å². The summed E-state index contributed by atoms with van der Waals surface area (Å²) in [5, 5.41) is 7.68. The van der Waals surface area contributed by atoms with E-state index in [1.165, 1.54) is 0 Å². The number of nitrogens with zero attached hydrogens (tertiary/aromatic N) is 3. The summed E-state index contributed by atoms with van der Waals surface area (Å²) in [7, 11) is 3.55. The molecule has 0 aromatic rings. The maximum Gasteiger partial charge on any atom is 0.143 e. The van der Waals surface area contributed by atoms with E-state index in [2.05, 4.69) is 23.4 Å². The van der Waals surface area contributed by atoms with E-state index in [9.17, 15) is 0 Å². The van der Waals surface area contributed by atoms with E-state index in [1.807, 2.05) is 11.9 Å². The average molecular weight is 183 g/mol. The molecule has 0 heterocycles. The summed E-state index contributed by atoms with van der Waals surface area (Å²) in [5.41, 5.74) is 0.668. The summed E-state index contributed by atoms with van der Waals surface area (Å²) >= 11 is 0. The second kappa shape index (κ2) is 6.37. The van der Waals surface area contributed by atoms with Crippen molar-refractivity contribution in [2.75, 3.05) is 27.3 Å². The van der Waals surface area contributed by atoms with Gasteiger partial charge in [-0.05, 0) is 6.92 Å². The van der Waals surface area contributed by atoms with Crippen LogP contribution in [0.25, 0.3) is 0 Å². The van der Waals surface area contributed by atoms with Gasteiger partial charge in [0.2, 0.25) is 0 Å². The Hall–Kier alpha value is -1.16. The van der Waals surface area contributed by atoms with Gasteiger partial charge in [-0.15, -0.1) is 5.11 Å². The van der Waals surface area contributed by atoms with Crippen molar-refractivity contribution in [2.45, 2.75) is 6.92 Å². The first-order chi connectivity index (χ1) is 6.07. The third kappa shape index (κ3) is 6.04. The summed E-state index contributed by atoms with van der Waals surface area (Å²) in [6.07, 6.45) is 0. The van der Waals surface area contributed by atoms with Crippen LogP contribution in [0.1, 0.15) is 6.92 Å². The minimum Gasteiger partial charge on any atom is -0.383 e. The molecule has 0 saturated carbocycles. The third-order valence-corrected chi connectivity index (χ3v) is 1.41. The van der Waals surface area contributed by atoms with Crippen LogP contribution in [0, 0.1) is 0 Å². The Balaban J connectivity index is 3.89. The van der Waals surface area contributed by atoms with Gasteiger partial charge in [0.05, 0.1) is 12.3 Å². The molecule has 0 aliphatic carbocycles. The molecule has 0 saturated heterocycles. The molecule has 0 aliphatic heterocycles. The molecule has 0 unspecified atom stereocenters. The number of allylic oxidation sites excluding steroid dienone is 1. The highest BCUT2D eigenvalue weighted by Crippen LogP contribution is 2.02. The lowest BCUT2D eigenvalue weighted by Crippen LogP contribution is -2.20. The first-order valence-electron chi connectivity index (χ1n) is 4.04. The van der Waals surface area contributed by atoms with Crippen molar-refractivity contribution in [3.63, 3.8) is 0 Å². The van der Waals surface area contributed by atoms with E-state index in [4.69, 9.17) is 4.74 Å². The van der Waals surface area contributed by atoms with Gasteiger partial charge in [0.25, 0.3) is 0 Å². The molecule has 0 radical (unpaired) electrons. The Morgan fingerprint density at radius 3 is 2.46 bits per heavy atom. The molecule has 0 spiro atoms. The predicted octanol–water partition coefficient (Wildman–Crippen LogP) is 2.02. The molecule has 0 N–H and O–H groups in total. The second-order valence-electron chi connectivity index (χ2n) is 2.77. The normalized spacial score (nSPS) is 10.4. The van der Waals surface area contributed by atoms with E-state index in [1.54, 1.807) is 14.0 Å². The number of methoxy groups -OCH3 is 1. The summed E-state index contributed by atoms with van der Waals surface area (Å²) in [6.45, 7) is 10.5. The van der Waals surface area contributed by atoms with Gasteiger partial charge in [0.1, 0.15) is 5.82 Å². The zero-order valence-corrected chi connectivity index (χ0v) is 8.58. The molecule has 0 atom stereocenters. The Morgan fingerprint density at radius 1 is 1.38 bits per heavy atom. The third-order valence-electron chi connectivity index (χ3n) is 1.41. The molecule has 0 fully saturated rings. The van der Waals surface area contributed by atoms with Crippen molar-refractivity contribution in [2.24, 2.45) is 10.2 Å². The zero-order chi connectivity index (χ0) is 10.3. The van der Waals surface area contributed by atoms with Crippen LogP contribution in [-0.4, -0.2) is 32.2 Å². The smallest absolute Gasteiger partial charge is 0.143 e. The number of hydrogen-bond donors (Lipinski definition) is 0. The molecular formula is C9H17N3O. The zero-order valence-electron chi connectivity index (χ0n) is 8.58. The molecule has 74 valence electrons. The molecule has 0 aromatic heterocycles. The van der Waals surface area contributed by atoms with Crippen LogP contribution in [0.2, 0.25) is 0 Å². The van der Waals surface area contributed by atoms with E-state index in [0.29, 0.717) is 18.1 Å². The minimum absolute atomic E-state index is 0.611. The summed E-state index contributed by atoms with van der Waals surface area (Å²) in [6, 6.07) is 0. The molecular weight excluding hydrogens is 166 g/mol. The van der Waals surface area contributed by atoms with Gasteiger partial charge >= 0.3 is 0 Å². The fourth-order valence-electron chi connectivity index (χ4n) is 0.577. The summed E-state index contributed by atoms with van der Waals surface area (Å²) in [5.74, 6) is 0.611. The Morgan fingerprint density at radius 2 is 2.00 bits per heavy atom. The van der Waals surface area contributed by atoms with Crippen LogP contribution < -0.4 is 0 Å². The van der Waals surface area contributed by atoms with Crippen LogP contribution in [0.5, 0.6) is 0 Å². The first kappa shape index (κ1) is 11.8. The number of hydrogen-bond acceptors (Lipinski definition) is 4. The number of likely N-dealkylation sites (N-methyl/N-ethyl adjacent to an activating group) is 1. The van der Waals surface area contributed by atoms with E-state index in [-0.39, 0.29) is 0 Å². The van der Waals surface area contributed by atoms with Crippen molar-refractivity contribution < 1.29 is 4.74 Å². The summed E-state index contributed by atoms with van der Waals surface area (Å²) < 4.78 is 4.92. The van der Waals surface area contributed by atoms with Crippen molar-refractivity contribution >= 4 is 0 Å². The molecule has 0 bridgehead atoms. The van der Waals surface area contributed by atoms with Crippen LogP contribution in [0.3, 0.4) is 0 Å². The maximum absolute atomic E-state index is 4.92. The average Bonchev–Trinajstić information content (AvgIpc) is 2.10. The fourth-order valence-corrected chi connectivity index (χ4v) is 0.577. The van der Waals surface area contributed by atoms with Gasteiger partial charge < -0.3 is 9.64 Å². The molecule has 0 rings (SSSR count). The number of rotatable bonds is 6. The lowest BCUT2D eigenvalue weighted by Gasteiger charge is -2.16. The quantitative estimate of drug-likeness (QED) is 0.591. The second-order valence-corrected chi connectivity index (χ2v) is 2.77. The highest BCUT2D eigenvalue weighted by atomic mass is 16.5. The molecule has 0 aliphatic rings. The largest absolute Gasteiger partial charge is 0.383 e. The summed E-state index contributed by atoms with van der Waals surface area (Å²) in [4.78, 5) is 1.87. The van der Waals surface area contributed by atoms with Crippen molar-refractivity contribution in [3.8, 4) is 0 Å². The van der Waals surface area contributed by atoms with Gasteiger partial charge in [-0.1, -0.05) is 13.2 Å². The molecule has 0 amide bonds. The fraction of sp³-hybridized carbons (Fsp3) is 0.556. The highest BCUT2D eigenvalue weighted by molar-refractivity contribution is 4.91. The van der Waals surface area contributed by atoms with Gasteiger partial charge in [0.15, 0.2) is 0 Å². The van der Waals surface area contributed by atoms with Gasteiger partial charge in [0, 0.05) is 20.7 Å². The van der Waals surface area contributed by atoms with Crippen LogP contribution in [0.4, 0.5) is 0 Å². The molecule has 4 heteroatoms. The van der Waals surface area contributed by atoms with Crippen molar-refractivity contribution in [1.29, 1.82) is 0 Å². The first-order valence-corrected chi connectivity index (χ1v) is 4.04. The van der Waals surface area contributed by atoms with Gasteiger partial charge in [-0.2, -0.15) is 5.11 Å². The predicted molar refractivity (Wildman–Crippen MR) is 53.3 cm³/mol. The number of ether oxygens (including phenoxy) is 1. The Bertz CT molecular complexity index is 211. The maximum atomic E-state index is 4.92. The Labute approximate surface area is 79.6 Å². The van der Waals surface area contributed by atoms with Gasteiger partial charge in [-0.25, -0.2) is 0 Å². The van der Waals surface area contributed by atoms with Gasteiger partial charge in [-0.3, -0.25) is 0 Å². The molecule has 4 nitrogen and oxygen atoms in total. The monoisotopic (exact) mass is 183 g/mol. The van der Waals surface area contributed by atoms with Crippen molar-refractivity contribution in [1.82, 2.24) is 4.90 Å². The highest BCUT2D eigenvalue weighted by Gasteiger charge is 1.98. The number of azo groups is 1. The van der Waals surface area contributed by atoms with E-state index >= 15 is 0 Å².